The third kappa shape index (κ3) is 4.97. The molecular weight excluding hydrogens is 415 g/mol. The van der Waals surface area contributed by atoms with Crippen LogP contribution in [-0.2, 0) is 0 Å². The van der Waals surface area contributed by atoms with Gasteiger partial charge in [0.15, 0.2) is 0 Å². The third-order valence-corrected chi connectivity index (χ3v) is 5.98. The van der Waals surface area contributed by atoms with E-state index in [4.69, 9.17) is 11.6 Å². The third-order valence-electron chi connectivity index (χ3n) is 5.69. The number of aromatic nitrogens is 1. The Balaban J connectivity index is 1.33. The number of pyridine rings is 1. The van der Waals surface area contributed by atoms with Crippen molar-refractivity contribution < 1.29 is 9.18 Å². The van der Waals surface area contributed by atoms with Crippen LogP contribution >= 0.6 is 11.6 Å². The summed E-state index contributed by atoms with van der Waals surface area (Å²) in [5, 5.41) is 3.04. The fourth-order valence-electron chi connectivity index (χ4n) is 3.82. The highest BCUT2D eigenvalue weighted by Crippen LogP contribution is 2.26. The summed E-state index contributed by atoms with van der Waals surface area (Å²) in [6, 6.07) is 18.0. The summed E-state index contributed by atoms with van der Waals surface area (Å²) in [5.74, 6) is 0.541. The van der Waals surface area contributed by atoms with Gasteiger partial charge in [0.2, 0.25) is 0 Å². The van der Waals surface area contributed by atoms with E-state index in [2.05, 4.69) is 15.2 Å². The summed E-state index contributed by atoms with van der Waals surface area (Å²) in [7, 11) is 1.84. The zero-order valence-electron chi connectivity index (χ0n) is 17.3. The number of nitrogens with one attached hydrogen (secondary N) is 1. The molecule has 0 bridgehead atoms. The normalized spacial score (nSPS) is 14.4. The first kappa shape index (κ1) is 21.1. The van der Waals surface area contributed by atoms with Crippen LogP contribution in [-0.4, -0.2) is 42.1 Å². The van der Waals surface area contributed by atoms with E-state index in [9.17, 15) is 9.18 Å². The molecule has 3 aromatic rings. The van der Waals surface area contributed by atoms with Crippen LogP contribution in [0, 0.1) is 5.82 Å². The van der Waals surface area contributed by atoms with E-state index in [0.29, 0.717) is 5.69 Å². The van der Waals surface area contributed by atoms with E-state index in [1.54, 1.807) is 23.2 Å². The van der Waals surface area contributed by atoms with Crippen LogP contribution in [0.5, 0.6) is 0 Å². The molecule has 31 heavy (non-hydrogen) atoms. The van der Waals surface area contributed by atoms with Gasteiger partial charge in [0.25, 0.3) is 0 Å². The summed E-state index contributed by atoms with van der Waals surface area (Å²) in [4.78, 5) is 21.2. The average Bonchev–Trinajstić information content (AvgIpc) is 2.81. The highest BCUT2D eigenvalue weighted by Gasteiger charge is 2.26. The van der Waals surface area contributed by atoms with E-state index in [1.165, 1.54) is 6.07 Å². The molecule has 0 radical (unpaired) electrons. The van der Waals surface area contributed by atoms with Crippen molar-refractivity contribution in [3.05, 3.63) is 77.7 Å². The quantitative estimate of drug-likeness (QED) is 0.570. The molecule has 0 atom stereocenters. The van der Waals surface area contributed by atoms with Crippen LogP contribution < -0.4 is 10.2 Å². The topological polar surface area (TPSA) is 48.5 Å². The summed E-state index contributed by atoms with van der Waals surface area (Å²) < 4.78 is 13.4. The second-order valence-corrected chi connectivity index (χ2v) is 8.06. The molecule has 2 heterocycles. The minimum absolute atomic E-state index is 0.0885. The van der Waals surface area contributed by atoms with Crippen molar-refractivity contribution in [1.29, 1.82) is 0 Å². The van der Waals surface area contributed by atoms with Crippen LogP contribution in [0.1, 0.15) is 12.8 Å². The Morgan fingerprint density at radius 1 is 1.10 bits per heavy atom. The molecule has 0 aliphatic carbocycles. The first-order valence-electron chi connectivity index (χ1n) is 10.3. The van der Waals surface area contributed by atoms with Gasteiger partial charge in [0, 0.05) is 38.1 Å². The summed E-state index contributed by atoms with van der Waals surface area (Å²) in [5.41, 5.74) is 2.43. The molecule has 1 fully saturated rings. The average molecular weight is 439 g/mol. The van der Waals surface area contributed by atoms with Crippen LogP contribution in [0.2, 0.25) is 5.02 Å². The van der Waals surface area contributed by atoms with E-state index in [-0.39, 0.29) is 17.1 Å². The lowest BCUT2D eigenvalue weighted by Gasteiger charge is -2.37. The number of halogens is 2. The minimum atomic E-state index is -0.441. The Morgan fingerprint density at radius 3 is 2.45 bits per heavy atom. The molecule has 0 saturated carbocycles. The number of anilines is 2. The lowest BCUT2D eigenvalue weighted by atomic mass is 10.0. The maximum absolute atomic E-state index is 13.4. The Labute approximate surface area is 186 Å². The van der Waals surface area contributed by atoms with E-state index in [0.717, 1.165) is 42.9 Å². The number of carbonyl (C=O) groups is 1. The standard InChI is InChI=1S/C24H24ClFN4O/c1-29(20-11-14-30(15-12-20)23-4-2-3-13-27-23)24(31)28-19-8-5-17(6-9-19)18-7-10-22(26)21(25)16-18/h2-10,13,16,20H,11-12,14-15H2,1H3,(H,28,31). The fraction of sp³-hybridized carbons (Fsp3) is 0.250. The molecule has 7 heteroatoms. The molecule has 0 unspecified atom stereocenters. The predicted molar refractivity (Wildman–Crippen MR) is 123 cm³/mol. The van der Waals surface area contributed by atoms with Crippen LogP contribution in [0.4, 0.5) is 20.7 Å². The number of urea groups is 1. The molecule has 1 saturated heterocycles. The summed E-state index contributed by atoms with van der Waals surface area (Å²) >= 11 is 5.87. The van der Waals surface area contributed by atoms with Crippen molar-refractivity contribution in [3.8, 4) is 11.1 Å². The van der Waals surface area contributed by atoms with Gasteiger partial charge in [-0.15, -0.1) is 0 Å². The van der Waals surface area contributed by atoms with Crippen LogP contribution in [0.25, 0.3) is 11.1 Å². The largest absolute Gasteiger partial charge is 0.356 e. The first-order chi connectivity index (χ1) is 15.0. The van der Waals surface area contributed by atoms with E-state index < -0.39 is 5.82 Å². The highest BCUT2D eigenvalue weighted by atomic mass is 35.5. The van der Waals surface area contributed by atoms with Gasteiger partial charge in [0.05, 0.1) is 5.02 Å². The van der Waals surface area contributed by atoms with Gasteiger partial charge in [-0.3, -0.25) is 0 Å². The molecule has 2 aromatic carbocycles. The molecule has 0 spiro atoms. The lowest BCUT2D eigenvalue weighted by molar-refractivity contribution is 0.193. The number of hydrogen-bond acceptors (Lipinski definition) is 3. The van der Waals surface area contributed by atoms with Gasteiger partial charge in [-0.25, -0.2) is 14.2 Å². The first-order valence-corrected chi connectivity index (χ1v) is 10.6. The maximum Gasteiger partial charge on any atom is 0.321 e. The number of benzene rings is 2. The monoisotopic (exact) mass is 438 g/mol. The number of hydrogen-bond donors (Lipinski definition) is 1. The highest BCUT2D eigenvalue weighted by molar-refractivity contribution is 6.31. The Kier molecular flexibility index (Phi) is 6.37. The lowest BCUT2D eigenvalue weighted by Crippen LogP contribution is -2.47. The van der Waals surface area contributed by atoms with Gasteiger partial charge in [-0.2, -0.15) is 0 Å². The van der Waals surface area contributed by atoms with Gasteiger partial charge in [0.1, 0.15) is 11.6 Å². The number of nitrogens with zero attached hydrogens (tertiary/aromatic N) is 3. The smallest absolute Gasteiger partial charge is 0.321 e. The molecule has 4 rings (SSSR count). The fourth-order valence-corrected chi connectivity index (χ4v) is 4.00. The molecule has 2 amide bonds. The van der Waals surface area contributed by atoms with Gasteiger partial charge < -0.3 is 15.1 Å². The van der Waals surface area contributed by atoms with E-state index >= 15 is 0 Å². The molecule has 1 aliphatic heterocycles. The molecule has 1 aromatic heterocycles. The van der Waals surface area contributed by atoms with Crippen LogP contribution in [0.15, 0.2) is 66.9 Å². The summed E-state index contributed by atoms with van der Waals surface area (Å²) in [6.45, 7) is 1.74. The second kappa shape index (κ2) is 9.35. The Bertz CT molecular complexity index is 1040. The summed E-state index contributed by atoms with van der Waals surface area (Å²) in [6.07, 6.45) is 3.59. The van der Waals surface area contributed by atoms with Crippen molar-refractivity contribution in [3.63, 3.8) is 0 Å². The van der Waals surface area contributed by atoms with Gasteiger partial charge in [-0.1, -0.05) is 35.9 Å². The van der Waals surface area contributed by atoms with Crippen molar-refractivity contribution in [1.82, 2.24) is 9.88 Å². The SMILES string of the molecule is CN(C(=O)Nc1ccc(-c2ccc(F)c(Cl)c2)cc1)C1CCN(c2ccccn2)CC1. The molecule has 160 valence electrons. The number of carbonyl (C=O) groups excluding carboxylic acids is 1. The molecule has 1 aliphatic rings. The molecule has 5 nitrogen and oxygen atoms in total. The van der Waals surface area contributed by atoms with Gasteiger partial charge >= 0.3 is 6.03 Å². The number of piperidine rings is 1. The van der Waals surface area contributed by atoms with Crippen molar-refractivity contribution in [2.45, 2.75) is 18.9 Å². The van der Waals surface area contributed by atoms with Crippen molar-refractivity contribution in [2.24, 2.45) is 0 Å². The van der Waals surface area contributed by atoms with Crippen molar-refractivity contribution >= 4 is 29.1 Å². The van der Waals surface area contributed by atoms with Crippen LogP contribution in [0.3, 0.4) is 0 Å². The number of amides is 2. The zero-order valence-corrected chi connectivity index (χ0v) is 18.0. The number of rotatable bonds is 4. The Hall–Kier alpha value is -3.12. The molecular formula is C24H24ClFN4O. The Morgan fingerprint density at radius 2 is 1.81 bits per heavy atom. The molecule has 1 N–H and O–H groups in total. The van der Waals surface area contributed by atoms with Gasteiger partial charge in [-0.05, 0) is 60.4 Å². The predicted octanol–water partition coefficient (Wildman–Crippen LogP) is 5.67. The van der Waals surface area contributed by atoms with E-state index in [1.807, 2.05) is 49.5 Å². The minimum Gasteiger partial charge on any atom is -0.356 e. The van der Waals surface area contributed by atoms with Crippen molar-refractivity contribution in [2.75, 3.05) is 30.4 Å². The second-order valence-electron chi connectivity index (χ2n) is 7.65. The zero-order chi connectivity index (χ0) is 21.8. The maximum atomic E-state index is 13.4.